The predicted molar refractivity (Wildman–Crippen MR) is 91.3 cm³/mol. The first kappa shape index (κ1) is 15.1. The number of carboxylic acids is 1. The summed E-state index contributed by atoms with van der Waals surface area (Å²) in [5, 5.41) is 12.4. The summed E-state index contributed by atoms with van der Waals surface area (Å²) in [6.07, 6.45) is 2.16. The maximum atomic E-state index is 11.1. The van der Waals surface area contributed by atoms with Gasteiger partial charge in [-0.1, -0.05) is 31.5 Å². The third-order valence-corrected chi connectivity index (χ3v) is 3.76. The van der Waals surface area contributed by atoms with E-state index < -0.39 is 5.97 Å². The average molecular weight is 309 g/mol. The Balaban J connectivity index is 1.98. The Morgan fingerprint density at radius 2 is 2.04 bits per heavy atom. The number of anilines is 2. The molecule has 1 heterocycles. The number of unbranched alkanes of at least 4 members (excludes halogenated alkanes) is 1. The minimum Gasteiger partial charge on any atom is -0.478 e. The summed E-state index contributed by atoms with van der Waals surface area (Å²) in [6, 6.07) is 14.8. The van der Waals surface area contributed by atoms with Crippen LogP contribution < -0.4 is 5.32 Å². The number of nitrogens with one attached hydrogen (secondary N) is 1. The molecule has 118 valence electrons. The van der Waals surface area contributed by atoms with Crippen molar-refractivity contribution in [2.45, 2.75) is 26.3 Å². The van der Waals surface area contributed by atoms with Gasteiger partial charge in [0.2, 0.25) is 5.95 Å². The third-order valence-electron chi connectivity index (χ3n) is 3.76. The number of aryl methyl sites for hydroxylation is 1. The van der Waals surface area contributed by atoms with E-state index in [1.54, 1.807) is 18.2 Å². The van der Waals surface area contributed by atoms with Crippen LogP contribution >= 0.6 is 0 Å². The maximum absolute atomic E-state index is 11.1. The monoisotopic (exact) mass is 309 g/mol. The van der Waals surface area contributed by atoms with Gasteiger partial charge in [-0.25, -0.2) is 9.78 Å². The van der Waals surface area contributed by atoms with E-state index in [-0.39, 0.29) is 5.56 Å². The van der Waals surface area contributed by atoms with Crippen LogP contribution in [-0.2, 0) is 6.54 Å². The smallest absolute Gasteiger partial charge is 0.335 e. The molecule has 0 aliphatic heterocycles. The third kappa shape index (κ3) is 3.18. The number of carboxylic acid groups (broad SMARTS) is 1. The van der Waals surface area contributed by atoms with Gasteiger partial charge in [-0.3, -0.25) is 0 Å². The second-order valence-corrected chi connectivity index (χ2v) is 5.44. The molecule has 0 saturated heterocycles. The lowest BCUT2D eigenvalue weighted by molar-refractivity contribution is 0.0697. The molecule has 2 aromatic carbocycles. The Morgan fingerprint density at radius 3 is 2.83 bits per heavy atom. The number of hydrogen-bond donors (Lipinski definition) is 2. The van der Waals surface area contributed by atoms with Crippen molar-refractivity contribution in [3.63, 3.8) is 0 Å². The highest BCUT2D eigenvalue weighted by molar-refractivity contribution is 5.89. The van der Waals surface area contributed by atoms with E-state index in [9.17, 15) is 4.79 Å². The van der Waals surface area contributed by atoms with Crippen LogP contribution in [0.1, 0.15) is 30.1 Å². The molecule has 3 rings (SSSR count). The van der Waals surface area contributed by atoms with Crippen molar-refractivity contribution in [1.82, 2.24) is 9.55 Å². The van der Waals surface area contributed by atoms with Gasteiger partial charge in [0.1, 0.15) is 0 Å². The van der Waals surface area contributed by atoms with Crippen molar-refractivity contribution in [3.05, 3.63) is 54.1 Å². The van der Waals surface area contributed by atoms with E-state index in [1.807, 2.05) is 24.3 Å². The molecular weight excluding hydrogens is 290 g/mol. The highest BCUT2D eigenvalue weighted by Crippen LogP contribution is 2.24. The molecule has 23 heavy (non-hydrogen) atoms. The molecule has 2 N–H and O–H groups in total. The predicted octanol–water partition coefficient (Wildman–Crippen LogP) is 4.28. The van der Waals surface area contributed by atoms with Crippen LogP contribution in [0.4, 0.5) is 11.6 Å². The van der Waals surface area contributed by atoms with Crippen LogP contribution in [0.3, 0.4) is 0 Å². The summed E-state index contributed by atoms with van der Waals surface area (Å²) in [5.74, 6) is -0.199. The Kier molecular flexibility index (Phi) is 4.28. The van der Waals surface area contributed by atoms with Gasteiger partial charge in [0.25, 0.3) is 0 Å². The fraction of sp³-hybridized carbons (Fsp3) is 0.222. The Morgan fingerprint density at radius 1 is 1.22 bits per heavy atom. The summed E-state index contributed by atoms with van der Waals surface area (Å²) in [7, 11) is 0. The molecular formula is C18H19N3O2. The van der Waals surface area contributed by atoms with Gasteiger partial charge in [-0.15, -0.1) is 0 Å². The summed E-state index contributed by atoms with van der Waals surface area (Å²) >= 11 is 0. The lowest BCUT2D eigenvalue weighted by Crippen LogP contribution is -2.05. The molecule has 0 amide bonds. The number of nitrogens with zero attached hydrogens (tertiary/aromatic N) is 2. The van der Waals surface area contributed by atoms with Crippen LogP contribution in [0.2, 0.25) is 0 Å². The number of fused-ring (bicyclic) bond motifs is 1. The summed E-state index contributed by atoms with van der Waals surface area (Å²) in [6.45, 7) is 3.03. The van der Waals surface area contributed by atoms with Gasteiger partial charge in [0.05, 0.1) is 16.6 Å². The second kappa shape index (κ2) is 6.52. The van der Waals surface area contributed by atoms with Gasteiger partial charge in [-0.2, -0.15) is 0 Å². The number of carbonyl (C=O) groups is 1. The molecule has 0 radical (unpaired) electrons. The summed E-state index contributed by atoms with van der Waals surface area (Å²) < 4.78 is 2.15. The Labute approximate surface area is 134 Å². The number of rotatable bonds is 6. The molecule has 5 heteroatoms. The van der Waals surface area contributed by atoms with Crippen molar-refractivity contribution in [3.8, 4) is 0 Å². The first-order valence-electron chi connectivity index (χ1n) is 7.74. The highest BCUT2D eigenvalue weighted by atomic mass is 16.4. The van der Waals surface area contributed by atoms with Gasteiger partial charge >= 0.3 is 5.97 Å². The molecule has 0 spiro atoms. The molecule has 5 nitrogen and oxygen atoms in total. The van der Waals surface area contributed by atoms with Crippen LogP contribution in [0, 0.1) is 0 Å². The fourth-order valence-corrected chi connectivity index (χ4v) is 2.57. The van der Waals surface area contributed by atoms with E-state index in [0.717, 1.165) is 42.1 Å². The van der Waals surface area contributed by atoms with Crippen molar-refractivity contribution in [2.24, 2.45) is 0 Å². The molecule has 3 aromatic rings. The van der Waals surface area contributed by atoms with E-state index in [2.05, 4.69) is 27.9 Å². The van der Waals surface area contributed by atoms with E-state index >= 15 is 0 Å². The summed E-state index contributed by atoms with van der Waals surface area (Å²) in [5.41, 5.74) is 2.99. The zero-order valence-corrected chi connectivity index (χ0v) is 13.0. The van der Waals surface area contributed by atoms with Gasteiger partial charge in [0, 0.05) is 12.2 Å². The number of hydrogen-bond acceptors (Lipinski definition) is 3. The SMILES string of the molecule is CCCCn1c(Nc2cccc(C(=O)O)c2)nc2ccccc21. The molecule has 0 fully saturated rings. The quantitative estimate of drug-likeness (QED) is 0.713. The van der Waals surface area contributed by atoms with Crippen LogP contribution in [0.25, 0.3) is 11.0 Å². The van der Waals surface area contributed by atoms with Crippen molar-refractivity contribution in [2.75, 3.05) is 5.32 Å². The van der Waals surface area contributed by atoms with Crippen molar-refractivity contribution >= 4 is 28.6 Å². The Hall–Kier alpha value is -2.82. The number of imidazole rings is 1. The summed E-state index contributed by atoms with van der Waals surface area (Å²) in [4.78, 5) is 15.7. The van der Waals surface area contributed by atoms with Crippen LogP contribution in [-0.4, -0.2) is 20.6 Å². The van der Waals surface area contributed by atoms with E-state index in [4.69, 9.17) is 5.11 Å². The zero-order valence-electron chi connectivity index (χ0n) is 13.0. The molecule has 0 unspecified atom stereocenters. The number of aromatic carboxylic acids is 1. The topological polar surface area (TPSA) is 67.2 Å². The largest absolute Gasteiger partial charge is 0.478 e. The van der Waals surface area contributed by atoms with Gasteiger partial charge in [0.15, 0.2) is 0 Å². The Bertz CT molecular complexity index is 839. The number of para-hydroxylation sites is 2. The molecule has 1 aromatic heterocycles. The number of aromatic nitrogens is 2. The van der Waals surface area contributed by atoms with Crippen molar-refractivity contribution < 1.29 is 9.90 Å². The fourth-order valence-electron chi connectivity index (χ4n) is 2.57. The minimum atomic E-state index is -0.937. The molecule has 0 aliphatic rings. The van der Waals surface area contributed by atoms with Gasteiger partial charge in [-0.05, 0) is 36.8 Å². The number of benzene rings is 2. The standard InChI is InChI=1S/C18H19N3O2/c1-2-3-11-21-16-10-5-4-9-15(16)20-18(21)19-14-8-6-7-13(12-14)17(22)23/h4-10,12H,2-3,11H2,1H3,(H,19,20)(H,22,23). The lowest BCUT2D eigenvalue weighted by atomic mass is 10.2. The molecule has 0 atom stereocenters. The van der Waals surface area contributed by atoms with E-state index in [0.29, 0.717) is 0 Å². The highest BCUT2D eigenvalue weighted by Gasteiger charge is 2.11. The zero-order chi connectivity index (χ0) is 16.2. The first-order valence-corrected chi connectivity index (χ1v) is 7.74. The normalized spacial score (nSPS) is 10.8. The van der Waals surface area contributed by atoms with Crippen LogP contribution in [0.5, 0.6) is 0 Å². The van der Waals surface area contributed by atoms with Crippen molar-refractivity contribution in [1.29, 1.82) is 0 Å². The first-order chi connectivity index (χ1) is 11.2. The lowest BCUT2D eigenvalue weighted by Gasteiger charge is -2.10. The van der Waals surface area contributed by atoms with Crippen LogP contribution in [0.15, 0.2) is 48.5 Å². The molecule has 0 aliphatic carbocycles. The average Bonchev–Trinajstić information content (AvgIpc) is 2.90. The second-order valence-electron chi connectivity index (χ2n) is 5.44. The molecule has 0 saturated carbocycles. The van der Waals surface area contributed by atoms with E-state index in [1.165, 1.54) is 0 Å². The maximum Gasteiger partial charge on any atom is 0.335 e. The van der Waals surface area contributed by atoms with Gasteiger partial charge < -0.3 is 15.0 Å². The molecule has 0 bridgehead atoms. The minimum absolute atomic E-state index is 0.256.